The zero-order valence-corrected chi connectivity index (χ0v) is 11.6. The van der Waals surface area contributed by atoms with Gasteiger partial charge in [-0.1, -0.05) is 0 Å². The summed E-state index contributed by atoms with van der Waals surface area (Å²) in [7, 11) is 0. The Labute approximate surface area is 120 Å². The number of phenolic OH excluding ortho intramolecular Hbond substituents is 1. The van der Waals surface area contributed by atoms with Crippen LogP contribution < -0.4 is 16.4 Å². The Morgan fingerprint density at radius 3 is 2.38 bits per heavy atom. The number of hydrogen-bond acceptors (Lipinski definition) is 4. The molecule has 0 radical (unpaired) electrons. The van der Waals surface area contributed by atoms with Crippen LogP contribution in [0.4, 0.5) is 10.5 Å². The summed E-state index contributed by atoms with van der Waals surface area (Å²) in [5.74, 6) is -2.13. The molecular weight excluding hydrogens is 278 g/mol. The second-order valence-corrected chi connectivity index (χ2v) is 5.14. The molecule has 0 spiro atoms. The molecule has 6 N–H and O–H groups in total. The largest absolute Gasteiger partial charge is 0.506 e. The Morgan fingerprint density at radius 1 is 1.29 bits per heavy atom. The van der Waals surface area contributed by atoms with E-state index in [0.717, 1.165) is 6.07 Å². The van der Waals surface area contributed by atoms with Crippen molar-refractivity contribution in [3.05, 3.63) is 23.8 Å². The Kier molecular flexibility index (Phi) is 4.75. The van der Waals surface area contributed by atoms with E-state index >= 15 is 0 Å². The van der Waals surface area contributed by atoms with Crippen molar-refractivity contribution >= 4 is 23.6 Å². The molecule has 1 rings (SSSR count). The predicted molar refractivity (Wildman–Crippen MR) is 75.1 cm³/mol. The fraction of sp³-hybridized carbons (Fsp3) is 0.308. The van der Waals surface area contributed by atoms with Gasteiger partial charge in [-0.2, -0.15) is 0 Å². The molecule has 0 saturated carbocycles. The first kappa shape index (κ1) is 16.3. The molecular formula is C13H17N3O5. The zero-order chi connectivity index (χ0) is 16.2. The molecule has 0 saturated heterocycles. The number of carbonyl (C=O) groups excluding carboxylic acids is 2. The molecule has 0 aliphatic carbocycles. The third-order valence-electron chi connectivity index (χ3n) is 2.56. The molecule has 0 aliphatic heterocycles. The molecule has 114 valence electrons. The second-order valence-electron chi connectivity index (χ2n) is 5.14. The average molecular weight is 295 g/mol. The minimum absolute atomic E-state index is 0.0485. The second kappa shape index (κ2) is 6.12. The highest BCUT2D eigenvalue weighted by Gasteiger charge is 2.23. The van der Waals surface area contributed by atoms with Crippen molar-refractivity contribution < 1.29 is 24.6 Å². The number of carbonyl (C=O) groups is 3. The van der Waals surface area contributed by atoms with Gasteiger partial charge in [-0.3, -0.25) is 4.79 Å². The smallest absolute Gasteiger partial charge is 0.335 e. The van der Waals surface area contributed by atoms with E-state index < -0.39 is 23.4 Å². The minimum atomic E-state index is -1.19. The first-order chi connectivity index (χ1) is 9.60. The van der Waals surface area contributed by atoms with Crippen molar-refractivity contribution in [1.29, 1.82) is 0 Å². The van der Waals surface area contributed by atoms with Crippen molar-refractivity contribution in [2.24, 2.45) is 5.73 Å². The molecule has 1 aromatic carbocycles. The number of rotatable bonds is 5. The van der Waals surface area contributed by atoms with Crippen molar-refractivity contribution in [1.82, 2.24) is 5.32 Å². The lowest BCUT2D eigenvalue weighted by Gasteiger charge is -2.24. The first-order valence-electron chi connectivity index (χ1n) is 6.04. The van der Waals surface area contributed by atoms with Crippen LogP contribution in [-0.2, 0) is 4.79 Å². The van der Waals surface area contributed by atoms with Crippen LogP contribution >= 0.6 is 0 Å². The highest BCUT2D eigenvalue weighted by Crippen LogP contribution is 2.24. The van der Waals surface area contributed by atoms with Gasteiger partial charge >= 0.3 is 12.0 Å². The van der Waals surface area contributed by atoms with Crippen LogP contribution in [0.3, 0.4) is 0 Å². The van der Waals surface area contributed by atoms with Gasteiger partial charge in [0.1, 0.15) is 5.75 Å². The average Bonchev–Trinajstić information content (AvgIpc) is 2.28. The maximum Gasteiger partial charge on any atom is 0.335 e. The van der Waals surface area contributed by atoms with E-state index in [2.05, 4.69) is 10.6 Å². The van der Waals surface area contributed by atoms with E-state index in [1.165, 1.54) is 12.1 Å². The number of carboxylic acid groups (broad SMARTS) is 1. The zero-order valence-electron chi connectivity index (χ0n) is 11.6. The summed E-state index contributed by atoms with van der Waals surface area (Å²) in [5.41, 5.74) is 4.16. The van der Waals surface area contributed by atoms with Crippen molar-refractivity contribution in [3.8, 4) is 5.75 Å². The summed E-state index contributed by atoms with van der Waals surface area (Å²) >= 11 is 0. The lowest BCUT2D eigenvalue weighted by atomic mass is 10.0. The van der Waals surface area contributed by atoms with Gasteiger partial charge in [0, 0.05) is 12.0 Å². The highest BCUT2D eigenvalue weighted by molar-refractivity contribution is 5.94. The number of phenols is 1. The first-order valence-corrected chi connectivity index (χ1v) is 6.04. The van der Waals surface area contributed by atoms with Gasteiger partial charge in [-0.05, 0) is 32.0 Å². The van der Waals surface area contributed by atoms with E-state index in [0.29, 0.717) is 0 Å². The fourth-order valence-corrected chi connectivity index (χ4v) is 1.71. The summed E-state index contributed by atoms with van der Waals surface area (Å²) in [4.78, 5) is 33.4. The number of carboxylic acids is 1. The Hall–Kier alpha value is -2.77. The number of urea groups is 1. The van der Waals surface area contributed by atoms with Gasteiger partial charge in [-0.25, -0.2) is 9.59 Å². The van der Waals surface area contributed by atoms with Gasteiger partial charge in [0.05, 0.1) is 11.3 Å². The summed E-state index contributed by atoms with van der Waals surface area (Å²) in [6.45, 7) is 3.23. The summed E-state index contributed by atoms with van der Waals surface area (Å²) in [5, 5.41) is 23.3. The fourth-order valence-electron chi connectivity index (χ4n) is 1.71. The Morgan fingerprint density at radius 2 is 1.90 bits per heavy atom. The SMILES string of the molecule is CC(C)(CC(N)=O)NC(=O)Nc1ccc(C(=O)O)cc1O. The summed E-state index contributed by atoms with van der Waals surface area (Å²) in [6.07, 6.45) is -0.0512. The van der Waals surface area contributed by atoms with E-state index in [4.69, 9.17) is 10.8 Å². The minimum Gasteiger partial charge on any atom is -0.506 e. The van der Waals surface area contributed by atoms with Crippen LogP contribution in [0.1, 0.15) is 30.6 Å². The van der Waals surface area contributed by atoms with Gasteiger partial charge < -0.3 is 26.6 Å². The Bertz CT molecular complexity index is 583. The molecule has 0 heterocycles. The lowest BCUT2D eigenvalue weighted by Crippen LogP contribution is -2.47. The van der Waals surface area contributed by atoms with Crippen molar-refractivity contribution in [2.75, 3.05) is 5.32 Å². The molecule has 8 nitrogen and oxygen atoms in total. The third-order valence-corrected chi connectivity index (χ3v) is 2.56. The monoisotopic (exact) mass is 295 g/mol. The maximum absolute atomic E-state index is 11.8. The summed E-state index contributed by atoms with van der Waals surface area (Å²) in [6, 6.07) is 2.87. The van der Waals surface area contributed by atoms with Gasteiger partial charge in [-0.15, -0.1) is 0 Å². The standard InChI is InChI=1S/C13H17N3O5/c1-13(2,6-10(14)18)16-12(21)15-8-4-3-7(11(19)20)5-9(8)17/h3-5,17H,6H2,1-2H3,(H2,14,18)(H,19,20)(H2,15,16,21). The van der Waals surface area contributed by atoms with E-state index in [-0.39, 0.29) is 23.4 Å². The van der Waals surface area contributed by atoms with Crippen LogP contribution in [0.25, 0.3) is 0 Å². The van der Waals surface area contributed by atoms with E-state index in [9.17, 15) is 19.5 Å². The third kappa shape index (κ3) is 5.01. The molecule has 0 fully saturated rings. The molecule has 21 heavy (non-hydrogen) atoms. The van der Waals surface area contributed by atoms with Gasteiger partial charge in [0.15, 0.2) is 0 Å². The molecule has 0 bridgehead atoms. The van der Waals surface area contributed by atoms with E-state index in [1.54, 1.807) is 13.8 Å². The molecule has 0 atom stereocenters. The number of hydrogen-bond donors (Lipinski definition) is 5. The number of aromatic hydroxyl groups is 1. The van der Waals surface area contributed by atoms with Crippen LogP contribution in [-0.4, -0.2) is 33.7 Å². The lowest BCUT2D eigenvalue weighted by molar-refractivity contribution is -0.119. The van der Waals surface area contributed by atoms with Crippen LogP contribution in [0.5, 0.6) is 5.75 Å². The number of benzene rings is 1. The Balaban J connectivity index is 2.75. The molecule has 8 heteroatoms. The summed E-state index contributed by atoms with van der Waals surface area (Å²) < 4.78 is 0. The highest BCUT2D eigenvalue weighted by atomic mass is 16.4. The number of anilines is 1. The molecule has 3 amide bonds. The number of nitrogens with one attached hydrogen (secondary N) is 2. The predicted octanol–water partition coefficient (Wildman–Crippen LogP) is 0.866. The van der Waals surface area contributed by atoms with Gasteiger partial charge in [0.25, 0.3) is 0 Å². The van der Waals surface area contributed by atoms with Crippen molar-refractivity contribution in [2.45, 2.75) is 25.8 Å². The molecule has 0 aliphatic rings. The topological polar surface area (TPSA) is 142 Å². The van der Waals surface area contributed by atoms with Crippen LogP contribution in [0.2, 0.25) is 0 Å². The normalized spacial score (nSPS) is 10.8. The van der Waals surface area contributed by atoms with Crippen molar-refractivity contribution in [3.63, 3.8) is 0 Å². The number of primary amides is 1. The number of amides is 3. The quantitative estimate of drug-likeness (QED) is 0.512. The van der Waals surface area contributed by atoms with Gasteiger partial charge in [0.2, 0.25) is 5.91 Å². The molecule has 0 aromatic heterocycles. The molecule has 1 aromatic rings. The van der Waals surface area contributed by atoms with Crippen LogP contribution in [0, 0.1) is 0 Å². The van der Waals surface area contributed by atoms with Crippen LogP contribution in [0.15, 0.2) is 18.2 Å². The molecule has 0 unspecified atom stereocenters. The maximum atomic E-state index is 11.8. The van der Waals surface area contributed by atoms with E-state index in [1.807, 2.05) is 0 Å². The number of aromatic carboxylic acids is 1. The number of nitrogens with two attached hydrogens (primary N) is 1.